The van der Waals surface area contributed by atoms with Gasteiger partial charge in [-0.05, 0) is 81.9 Å². The molecule has 3 atom stereocenters. The maximum Gasteiger partial charge on any atom is 0.326 e. The fraction of sp³-hybridized carbons (Fsp3) is 0.600. The molecule has 0 heterocycles. The molecule has 1 fully saturated rings. The topological polar surface area (TPSA) is 237 Å². The van der Waals surface area contributed by atoms with Crippen LogP contribution < -0.4 is 27.0 Å². The van der Waals surface area contributed by atoms with Crippen LogP contribution in [0.25, 0.3) is 0 Å². The molecule has 1 saturated carbocycles. The second-order valence-electron chi connectivity index (χ2n) is 11.3. The highest BCUT2D eigenvalue weighted by molar-refractivity contribution is 5.89. The van der Waals surface area contributed by atoms with E-state index in [2.05, 4.69) is 21.3 Å². The SMILES string of the molecule is Cc1ccccc1C[C@H](NC(=O)C1CCC(CN)CC1)C(=O)NCCCC[C@H](NC(=O)N[C@@H](CCC(=O)O)C(=O)O)C(=O)O. The van der Waals surface area contributed by atoms with E-state index in [1.54, 1.807) is 0 Å². The highest BCUT2D eigenvalue weighted by Crippen LogP contribution is 2.28. The van der Waals surface area contributed by atoms with Crippen LogP contribution in [0, 0.1) is 18.8 Å². The fourth-order valence-corrected chi connectivity index (χ4v) is 5.17. The molecule has 14 heteroatoms. The van der Waals surface area contributed by atoms with E-state index in [0.29, 0.717) is 31.7 Å². The molecule has 9 N–H and O–H groups in total. The van der Waals surface area contributed by atoms with Crippen molar-refractivity contribution in [3.63, 3.8) is 0 Å². The summed E-state index contributed by atoms with van der Waals surface area (Å²) in [6.07, 6.45) is 3.34. The van der Waals surface area contributed by atoms with Gasteiger partial charge in [-0.2, -0.15) is 0 Å². The lowest BCUT2D eigenvalue weighted by Crippen LogP contribution is -2.51. The van der Waals surface area contributed by atoms with Crippen molar-refractivity contribution < 1.29 is 44.1 Å². The lowest BCUT2D eigenvalue weighted by Gasteiger charge is -2.28. The number of unbranched alkanes of at least 4 members (excludes halogenated alkanes) is 1. The minimum absolute atomic E-state index is 0.000334. The summed E-state index contributed by atoms with van der Waals surface area (Å²) < 4.78 is 0. The Balaban J connectivity index is 1.89. The lowest BCUT2D eigenvalue weighted by molar-refractivity contribution is -0.141. The third-order valence-corrected chi connectivity index (χ3v) is 7.94. The number of rotatable bonds is 18. The molecule has 0 aliphatic heterocycles. The zero-order chi connectivity index (χ0) is 32.6. The quantitative estimate of drug-likeness (QED) is 0.109. The van der Waals surface area contributed by atoms with Crippen LogP contribution in [-0.2, 0) is 30.4 Å². The number of carbonyl (C=O) groups is 6. The second kappa shape index (κ2) is 18.5. The van der Waals surface area contributed by atoms with Gasteiger partial charge in [0.2, 0.25) is 11.8 Å². The van der Waals surface area contributed by atoms with Crippen molar-refractivity contribution in [1.82, 2.24) is 21.3 Å². The average molecular weight is 620 g/mol. The molecule has 0 bridgehead atoms. The number of hydrogen-bond donors (Lipinski definition) is 8. The number of aryl methyl sites for hydroxylation is 1. The van der Waals surface area contributed by atoms with Gasteiger partial charge in [0, 0.05) is 25.3 Å². The number of nitrogens with one attached hydrogen (secondary N) is 4. The maximum atomic E-state index is 13.2. The average Bonchev–Trinajstić information content (AvgIpc) is 2.98. The first kappa shape index (κ1) is 36.0. The minimum atomic E-state index is -1.50. The standard InChI is InChI=1S/C30H45N5O9/c1-18-6-2-3-7-21(18)16-24(33-26(38)20-11-9-19(17-31)10-12-20)27(39)32-15-5-4-8-22(28(40)41)34-30(44)35-23(29(42)43)13-14-25(36)37/h2-3,6-7,19-20,22-24H,4-5,8-17,31H2,1H3,(H,32,39)(H,33,38)(H,36,37)(H,40,41)(H,42,43)(H2,34,35,44)/t19?,20?,22-,23-,24-/m0/s1. The summed E-state index contributed by atoms with van der Waals surface area (Å²) in [7, 11) is 0. The van der Waals surface area contributed by atoms with E-state index in [9.17, 15) is 39.0 Å². The number of aliphatic carboxylic acids is 3. The Bertz CT molecular complexity index is 1150. The highest BCUT2D eigenvalue weighted by Gasteiger charge is 2.30. The predicted octanol–water partition coefficient (Wildman–Crippen LogP) is 1.14. The number of amides is 4. The zero-order valence-electron chi connectivity index (χ0n) is 25.0. The number of carboxylic acids is 3. The van der Waals surface area contributed by atoms with E-state index < -0.39 is 48.5 Å². The third-order valence-electron chi connectivity index (χ3n) is 7.94. The second-order valence-corrected chi connectivity index (χ2v) is 11.3. The van der Waals surface area contributed by atoms with Crippen molar-refractivity contribution in [2.24, 2.45) is 17.6 Å². The van der Waals surface area contributed by atoms with Gasteiger partial charge in [-0.3, -0.25) is 14.4 Å². The Morgan fingerprint density at radius 1 is 0.841 bits per heavy atom. The normalized spacial score (nSPS) is 18.2. The van der Waals surface area contributed by atoms with Crippen molar-refractivity contribution in [3.8, 4) is 0 Å². The summed E-state index contributed by atoms with van der Waals surface area (Å²) in [5, 5.41) is 37.4. The molecule has 4 amide bonds. The summed E-state index contributed by atoms with van der Waals surface area (Å²) in [6, 6.07) is 2.95. The summed E-state index contributed by atoms with van der Waals surface area (Å²) >= 11 is 0. The molecule has 0 radical (unpaired) electrons. The predicted molar refractivity (Wildman–Crippen MR) is 160 cm³/mol. The van der Waals surface area contributed by atoms with E-state index >= 15 is 0 Å². The Labute approximate surface area is 256 Å². The third kappa shape index (κ3) is 12.6. The molecular formula is C30H45N5O9. The summed E-state index contributed by atoms with van der Waals surface area (Å²) in [6.45, 7) is 2.74. The first-order valence-electron chi connectivity index (χ1n) is 15.0. The smallest absolute Gasteiger partial charge is 0.326 e. The van der Waals surface area contributed by atoms with E-state index in [4.69, 9.17) is 10.8 Å². The zero-order valence-corrected chi connectivity index (χ0v) is 25.0. The number of benzene rings is 1. The molecular weight excluding hydrogens is 574 g/mol. The molecule has 0 unspecified atom stereocenters. The van der Waals surface area contributed by atoms with Gasteiger partial charge in [-0.15, -0.1) is 0 Å². The maximum absolute atomic E-state index is 13.2. The van der Waals surface area contributed by atoms with Crippen LogP contribution in [0.4, 0.5) is 4.79 Å². The van der Waals surface area contributed by atoms with Crippen LogP contribution >= 0.6 is 0 Å². The monoisotopic (exact) mass is 619 g/mol. The van der Waals surface area contributed by atoms with Crippen LogP contribution in [0.2, 0.25) is 0 Å². The number of nitrogens with two attached hydrogens (primary N) is 1. The fourth-order valence-electron chi connectivity index (χ4n) is 5.17. The van der Waals surface area contributed by atoms with Crippen LogP contribution in [-0.4, -0.2) is 82.3 Å². The molecule has 44 heavy (non-hydrogen) atoms. The number of carbonyl (C=O) groups excluding carboxylic acids is 3. The van der Waals surface area contributed by atoms with Crippen molar-refractivity contribution in [2.45, 2.75) is 89.3 Å². The molecule has 1 aliphatic rings. The first-order valence-corrected chi connectivity index (χ1v) is 15.0. The lowest BCUT2D eigenvalue weighted by atomic mass is 9.81. The molecule has 1 aromatic rings. The Morgan fingerprint density at radius 3 is 2.02 bits per heavy atom. The van der Waals surface area contributed by atoms with Crippen molar-refractivity contribution >= 4 is 35.8 Å². The molecule has 1 aromatic carbocycles. The van der Waals surface area contributed by atoms with Gasteiger partial charge in [-0.25, -0.2) is 14.4 Å². The Hall–Kier alpha value is -4.20. The van der Waals surface area contributed by atoms with Crippen LogP contribution in [0.1, 0.15) is 68.9 Å². The number of urea groups is 1. The molecule has 0 saturated heterocycles. The Morgan fingerprint density at radius 2 is 1.45 bits per heavy atom. The summed E-state index contributed by atoms with van der Waals surface area (Å²) in [4.78, 5) is 72.1. The van der Waals surface area contributed by atoms with Crippen molar-refractivity contribution in [1.29, 1.82) is 0 Å². The highest BCUT2D eigenvalue weighted by atomic mass is 16.4. The van der Waals surface area contributed by atoms with Gasteiger partial charge in [-0.1, -0.05) is 24.3 Å². The van der Waals surface area contributed by atoms with Crippen molar-refractivity contribution in [2.75, 3.05) is 13.1 Å². The van der Waals surface area contributed by atoms with Crippen LogP contribution in [0.15, 0.2) is 24.3 Å². The molecule has 1 aliphatic carbocycles. The van der Waals surface area contributed by atoms with Gasteiger partial charge < -0.3 is 42.3 Å². The van der Waals surface area contributed by atoms with Crippen LogP contribution in [0.3, 0.4) is 0 Å². The summed E-state index contributed by atoms with van der Waals surface area (Å²) in [5.74, 6) is -4.28. The number of hydrogen-bond acceptors (Lipinski definition) is 7. The molecule has 0 spiro atoms. The molecule has 2 rings (SSSR count). The minimum Gasteiger partial charge on any atom is -0.481 e. The number of carboxylic acid groups (broad SMARTS) is 3. The first-order chi connectivity index (χ1) is 20.9. The van der Waals surface area contributed by atoms with E-state index in [1.165, 1.54) is 0 Å². The molecule has 0 aromatic heterocycles. The Kier molecular flexibility index (Phi) is 15.1. The largest absolute Gasteiger partial charge is 0.481 e. The molecule has 14 nitrogen and oxygen atoms in total. The van der Waals surface area contributed by atoms with E-state index in [0.717, 1.165) is 36.8 Å². The van der Waals surface area contributed by atoms with Gasteiger partial charge in [0.15, 0.2) is 0 Å². The molecule has 244 valence electrons. The van der Waals surface area contributed by atoms with Gasteiger partial charge in [0.05, 0.1) is 0 Å². The van der Waals surface area contributed by atoms with Crippen molar-refractivity contribution in [3.05, 3.63) is 35.4 Å². The van der Waals surface area contributed by atoms with Gasteiger partial charge in [0.1, 0.15) is 18.1 Å². The van der Waals surface area contributed by atoms with Gasteiger partial charge in [0.25, 0.3) is 0 Å². The van der Waals surface area contributed by atoms with E-state index in [-0.39, 0.29) is 37.1 Å². The summed E-state index contributed by atoms with van der Waals surface area (Å²) in [5.41, 5.74) is 7.70. The van der Waals surface area contributed by atoms with Gasteiger partial charge >= 0.3 is 23.9 Å². The van der Waals surface area contributed by atoms with E-state index in [1.807, 2.05) is 31.2 Å². The van der Waals surface area contributed by atoms with Crippen LogP contribution in [0.5, 0.6) is 0 Å².